The van der Waals surface area contributed by atoms with Crippen LogP contribution in [-0.4, -0.2) is 31.4 Å². The summed E-state index contributed by atoms with van der Waals surface area (Å²) in [6.45, 7) is 3.70. The first-order chi connectivity index (χ1) is 15.5. The van der Waals surface area contributed by atoms with E-state index in [1.54, 1.807) is 62.2 Å². The molecule has 0 radical (unpaired) electrons. The Morgan fingerprint density at radius 3 is 2.72 bits per heavy atom. The first-order valence-electron chi connectivity index (χ1n) is 9.92. The van der Waals surface area contributed by atoms with Gasteiger partial charge in [0, 0.05) is 5.56 Å². The first kappa shape index (κ1) is 22.0. The van der Waals surface area contributed by atoms with Gasteiger partial charge in [0.15, 0.2) is 4.80 Å². The summed E-state index contributed by atoms with van der Waals surface area (Å²) < 4.78 is 18.4. The maximum absolute atomic E-state index is 13.5. The number of hydrogen-bond donors (Lipinski definition) is 0. The van der Waals surface area contributed by atoms with Crippen LogP contribution in [0.15, 0.2) is 56.1 Å². The van der Waals surface area contributed by atoms with E-state index in [-0.39, 0.29) is 12.2 Å². The van der Waals surface area contributed by atoms with E-state index >= 15 is 0 Å². The SMILES string of the molecule is CCOC(=O)C1=C(C)N=c2s/c(=C/c3ccsc3)c(=O)n2[C@@H]1c1cc(OC)ccc1OC. The van der Waals surface area contributed by atoms with Gasteiger partial charge < -0.3 is 14.2 Å². The van der Waals surface area contributed by atoms with Crippen molar-refractivity contribution < 1.29 is 19.0 Å². The van der Waals surface area contributed by atoms with Gasteiger partial charge in [0.1, 0.15) is 17.5 Å². The van der Waals surface area contributed by atoms with Crippen LogP contribution in [0.2, 0.25) is 0 Å². The Labute approximate surface area is 192 Å². The first-order valence-corrected chi connectivity index (χ1v) is 11.7. The Hall–Kier alpha value is -3.17. The van der Waals surface area contributed by atoms with Gasteiger partial charge in [-0.25, -0.2) is 9.79 Å². The molecule has 0 saturated carbocycles. The number of thiophene rings is 1. The highest BCUT2D eigenvalue weighted by atomic mass is 32.1. The number of carbonyl (C=O) groups is 1. The molecule has 4 rings (SSSR count). The molecule has 1 aromatic carbocycles. The van der Waals surface area contributed by atoms with E-state index in [0.29, 0.717) is 37.7 Å². The molecule has 0 saturated heterocycles. The third kappa shape index (κ3) is 3.89. The summed E-state index contributed by atoms with van der Waals surface area (Å²) in [7, 11) is 3.11. The average molecular weight is 471 g/mol. The minimum Gasteiger partial charge on any atom is -0.497 e. The number of methoxy groups -OCH3 is 2. The summed E-state index contributed by atoms with van der Waals surface area (Å²) in [5.74, 6) is 0.592. The molecule has 0 fully saturated rings. The smallest absolute Gasteiger partial charge is 0.338 e. The van der Waals surface area contributed by atoms with Gasteiger partial charge in [-0.05, 0) is 60.5 Å². The van der Waals surface area contributed by atoms with E-state index in [9.17, 15) is 9.59 Å². The number of aromatic nitrogens is 1. The lowest BCUT2D eigenvalue weighted by atomic mass is 9.94. The maximum Gasteiger partial charge on any atom is 0.338 e. The van der Waals surface area contributed by atoms with Crippen molar-refractivity contribution in [3.05, 3.63) is 77.1 Å². The predicted molar refractivity (Wildman–Crippen MR) is 124 cm³/mol. The van der Waals surface area contributed by atoms with Gasteiger partial charge in [-0.15, -0.1) is 0 Å². The fourth-order valence-corrected chi connectivity index (χ4v) is 5.31. The molecular formula is C23H22N2O5S2. The molecule has 0 unspecified atom stereocenters. The molecule has 3 heterocycles. The molecule has 0 aliphatic carbocycles. The number of nitrogens with zero attached hydrogens (tertiary/aromatic N) is 2. The summed E-state index contributed by atoms with van der Waals surface area (Å²) in [5.41, 5.74) is 2.13. The lowest BCUT2D eigenvalue weighted by Crippen LogP contribution is -2.40. The molecule has 0 bridgehead atoms. The van der Waals surface area contributed by atoms with Crippen LogP contribution in [0.5, 0.6) is 11.5 Å². The van der Waals surface area contributed by atoms with Crippen molar-refractivity contribution in [2.75, 3.05) is 20.8 Å². The highest BCUT2D eigenvalue weighted by Crippen LogP contribution is 2.37. The van der Waals surface area contributed by atoms with E-state index in [1.165, 1.54) is 11.3 Å². The zero-order valence-electron chi connectivity index (χ0n) is 18.1. The Bertz CT molecular complexity index is 1370. The fourth-order valence-electron chi connectivity index (χ4n) is 3.65. The minimum absolute atomic E-state index is 0.208. The van der Waals surface area contributed by atoms with Gasteiger partial charge in [-0.2, -0.15) is 11.3 Å². The summed E-state index contributed by atoms with van der Waals surface area (Å²) in [4.78, 5) is 31.6. The lowest BCUT2D eigenvalue weighted by Gasteiger charge is -2.26. The molecule has 7 nitrogen and oxygen atoms in total. The molecular weight excluding hydrogens is 448 g/mol. The van der Waals surface area contributed by atoms with Gasteiger partial charge in [0.05, 0.1) is 36.6 Å². The third-order valence-electron chi connectivity index (χ3n) is 5.09. The maximum atomic E-state index is 13.5. The molecule has 1 aliphatic rings. The monoisotopic (exact) mass is 470 g/mol. The van der Waals surface area contributed by atoms with Gasteiger partial charge in [-0.1, -0.05) is 11.3 Å². The second-order valence-corrected chi connectivity index (χ2v) is 8.76. The third-order valence-corrected chi connectivity index (χ3v) is 6.77. The quantitative estimate of drug-likeness (QED) is 0.518. The van der Waals surface area contributed by atoms with Crippen LogP contribution < -0.4 is 24.4 Å². The van der Waals surface area contributed by atoms with E-state index in [4.69, 9.17) is 14.2 Å². The van der Waals surface area contributed by atoms with E-state index in [1.807, 2.05) is 22.9 Å². The second kappa shape index (κ2) is 9.13. The number of esters is 1. The number of hydrogen-bond acceptors (Lipinski definition) is 8. The zero-order chi connectivity index (χ0) is 22.8. The van der Waals surface area contributed by atoms with Gasteiger partial charge in [0.25, 0.3) is 5.56 Å². The van der Waals surface area contributed by atoms with Crippen LogP contribution in [0.1, 0.15) is 31.0 Å². The standard InChI is InChI=1S/C23H22N2O5S2/c1-5-30-22(27)19-13(2)24-23-25(21(26)18(32-23)10-14-8-9-31-12-14)20(19)16-11-15(28-3)6-7-17(16)29-4/h6-12,20H,5H2,1-4H3/b18-10+/t20-/m1/s1. The van der Waals surface area contributed by atoms with Gasteiger partial charge in [0.2, 0.25) is 0 Å². The average Bonchev–Trinajstić information content (AvgIpc) is 3.40. The molecule has 3 aromatic rings. The second-order valence-electron chi connectivity index (χ2n) is 6.97. The molecule has 32 heavy (non-hydrogen) atoms. The Balaban J connectivity index is 2.03. The Morgan fingerprint density at radius 1 is 1.25 bits per heavy atom. The van der Waals surface area contributed by atoms with Crippen LogP contribution in [0.25, 0.3) is 6.08 Å². The highest BCUT2D eigenvalue weighted by molar-refractivity contribution is 7.08. The largest absolute Gasteiger partial charge is 0.497 e. The number of benzene rings is 1. The summed E-state index contributed by atoms with van der Waals surface area (Å²) >= 11 is 2.84. The number of ether oxygens (including phenoxy) is 3. The minimum atomic E-state index is -0.764. The van der Waals surface area contributed by atoms with Crippen molar-refractivity contribution >= 4 is 34.7 Å². The molecule has 0 amide bonds. The molecule has 0 spiro atoms. The molecule has 166 valence electrons. The van der Waals surface area contributed by atoms with Crippen molar-refractivity contribution in [2.24, 2.45) is 4.99 Å². The predicted octanol–water partition coefficient (Wildman–Crippen LogP) is 2.88. The van der Waals surface area contributed by atoms with Crippen molar-refractivity contribution in [3.8, 4) is 11.5 Å². The number of fused-ring (bicyclic) bond motifs is 1. The Kier molecular flexibility index (Phi) is 6.29. The van der Waals surface area contributed by atoms with Crippen molar-refractivity contribution in [2.45, 2.75) is 19.9 Å². The van der Waals surface area contributed by atoms with Crippen LogP contribution >= 0.6 is 22.7 Å². The highest BCUT2D eigenvalue weighted by Gasteiger charge is 2.35. The number of allylic oxidation sites excluding steroid dienone is 1. The number of thiazole rings is 1. The molecule has 0 N–H and O–H groups in total. The molecule has 2 aromatic heterocycles. The van der Waals surface area contributed by atoms with Crippen LogP contribution in [0.4, 0.5) is 0 Å². The Morgan fingerprint density at radius 2 is 2.06 bits per heavy atom. The number of rotatable bonds is 6. The summed E-state index contributed by atoms with van der Waals surface area (Å²) in [6, 6.07) is 6.48. The van der Waals surface area contributed by atoms with E-state index in [0.717, 1.165) is 5.56 Å². The zero-order valence-corrected chi connectivity index (χ0v) is 19.7. The van der Waals surface area contributed by atoms with Gasteiger partial charge >= 0.3 is 5.97 Å². The van der Waals surface area contributed by atoms with Crippen LogP contribution in [-0.2, 0) is 9.53 Å². The van der Waals surface area contributed by atoms with Crippen molar-refractivity contribution in [1.29, 1.82) is 0 Å². The number of carbonyl (C=O) groups excluding carboxylic acids is 1. The van der Waals surface area contributed by atoms with E-state index in [2.05, 4.69) is 4.99 Å². The van der Waals surface area contributed by atoms with Crippen molar-refractivity contribution in [1.82, 2.24) is 4.57 Å². The van der Waals surface area contributed by atoms with E-state index < -0.39 is 12.0 Å². The topological polar surface area (TPSA) is 79.1 Å². The normalized spacial score (nSPS) is 15.9. The van der Waals surface area contributed by atoms with Crippen molar-refractivity contribution in [3.63, 3.8) is 0 Å². The lowest BCUT2D eigenvalue weighted by molar-refractivity contribution is -0.139. The molecule has 1 atom stereocenters. The van der Waals surface area contributed by atoms with Crippen LogP contribution in [0.3, 0.4) is 0 Å². The van der Waals surface area contributed by atoms with Gasteiger partial charge in [-0.3, -0.25) is 9.36 Å². The molecule has 1 aliphatic heterocycles. The fraction of sp³-hybridized carbons (Fsp3) is 0.261. The van der Waals surface area contributed by atoms with Crippen LogP contribution in [0, 0.1) is 0 Å². The summed E-state index contributed by atoms with van der Waals surface area (Å²) in [6.07, 6.45) is 1.84. The summed E-state index contributed by atoms with van der Waals surface area (Å²) in [5, 5.41) is 3.92. The molecule has 9 heteroatoms.